The summed E-state index contributed by atoms with van der Waals surface area (Å²) in [7, 11) is 1.73. The van der Waals surface area contributed by atoms with Crippen molar-refractivity contribution >= 4 is 0 Å². The molecule has 60 valence electrons. The molecule has 0 amide bonds. The zero-order valence-electron chi connectivity index (χ0n) is 6.26. The fourth-order valence-electron chi connectivity index (χ4n) is 0.893. The van der Waals surface area contributed by atoms with Crippen LogP contribution in [0.1, 0.15) is 5.56 Å². The molecule has 0 aromatic heterocycles. The second kappa shape index (κ2) is 3.34. The number of nitrogens with one attached hydrogen (secondary N) is 1. The van der Waals surface area contributed by atoms with E-state index in [4.69, 9.17) is 5.11 Å². The van der Waals surface area contributed by atoms with Crippen molar-refractivity contribution in [3.05, 3.63) is 29.6 Å². The summed E-state index contributed by atoms with van der Waals surface area (Å²) >= 11 is 0. The molecule has 1 aromatic rings. The van der Waals surface area contributed by atoms with Gasteiger partial charge in [-0.3, -0.25) is 0 Å². The monoisotopic (exact) mass is 155 g/mol. The largest absolute Gasteiger partial charge is 0.505 e. The third-order valence-electron chi connectivity index (χ3n) is 1.43. The van der Waals surface area contributed by atoms with E-state index in [9.17, 15) is 4.39 Å². The molecular formula is C8H10FNO. The first-order valence-electron chi connectivity index (χ1n) is 3.36. The molecule has 2 N–H and O–H groups in total. The number of hydrogen-bond donors (Lipinski definition) is 2. The average molecular weight is 155 g/mol. The number of aromatic hydroxyl groups is 1. The second-order valence-electron chi connectivity index (χ2n) is 2.28. The maximum Gasteiger partial charge on any atom is 0.169 e. The molecule has 0 saturated carbocycles. The summed E-state index contributed by atoms with van der Waals surface area (Å²) in [6.45, 7) is 0.431. The van der Waals surface area contributed by atoms with Crippen LogP contribution in [0.4, 0.5) is 4.39 Å². The molecular weight excluding hydrogens is 145 g/mol. The second-order valence-corrected chi connectivity index (χ2v) is 2.28. The van der Waals surface area contributed by atoms with E-state index < -0.39 is 5.82 Å². The Morgan fingerprint density at radius 3 is 2.91 bits per heavy atom. The van der Waals surface area contributed by atoms with Gasteiger partial charge in [-0.25, -0.2) is 4.39 Å². The number of phenolic OH excluding ortho intramolecular Hbond substituents is 1. The van der Waals surface area contributed by atoms with E-state index in [1.54, 1.807) is 19.2 Å². The molecule has 0 unspecified atom stereocenters. The van der Waals surface area contributed by atoms with Gasteiger partial charge in [-0.05, 0) is 13.1 Å². The Morgan fingerprint density at radius 1 is 1.55 bits per heavy atom. The molecule has 3 heteroatoms. The maximum atomic E-state index is 12.9. The Balaban J connectivity index is 2.96. The van der Waals surface area contributed by atoms with Crippen LogP contribution < -0.4 is 5.32 Å². The van der Waals surface area contributed by atoms with Crippen molar-refractivity contribution in [2.24, 2.45) is 0 Å². The Hall–Kier alpha value is -1.09. The Bertz CT molecular complexity index is 250. The quantitative estimate of drug-likeness (QED) is 0.673. The standard InChI is InChI=1S/C8H10FNO/c1-10-5-6-3-2-4-7(11)8(6)9/h2-4,10-11H,5H2,1H3. The normalized spacial score (nSPS) is 10.0. The molecule has 1 rings (SSSR count). The zero-order chi connectivity index (χ0) is 8.27. The van der Waals surface area contributed by atoms with Crippen LogP contribution in [0.2, 0.25) is 0 Å². The molecule has 0 bridgehead atoms. The molecule has 11 heavy (non-hydrogen) atoms. The van der Waals surface area contributed by atoms with Gasteiger partial charge in [0.2, 0.25) is 0 Å². The van der Waals surface area contributed by atoms with Crippen molar-refractivity contribution in [1.82, 2.24) is 5.32 Å². The van der Waals surface area contributed by atoms with Gasteiger partial charge in [0.1, 0.15) is 0 Å². The molecule has 0 aliphatic rings. The molecule has 0 atom stereocenters. The third-order valence-corrected chi connectivity index (χ3v) is 1.43. The maximum absolute atomic E-state index is 12.9. The lowest BCUT2D eigenvalue weighted by Gasteiger charge is -2.02. The van der Waals surface area contributed by atoms with Crippen molar-refractivity contribution in [2.75, 3.05) is 7.05 Å². The first-order valence-corrected chi connectivity index (χ1v) is 3.36. The molecule has 0 spiro atoms. The van der Waals surface area contributed by atoms with Crippen molar-refractivity contribution in [1.29, 1.82) is 0 Å². The Kier molecular flexibility index (Phi) is 2.44. The highest BCUT2D eigenvalue weighted by Crippen LogP contribution is 2.17. The number of benzene rings is 1. The number of hydrogen-bond acceptors (Lipinski definition) is 2. The highest BCUT2D eigenvalue weighted by atomic mass is 19.1. The highest BCUT2D eigenvalue weighted by Gasteiger charge is 2.04. The van der Waals surface area contributed by atoms with E-state index >= 15 is 0 Å². The summed E-state index contributed by atoms with van der Waals surface area (Å²) in [6, 6.07) is 4.57. The van der Waals surface area contributed by atoms with Crippen LogP contribution in [0.5, 0.6) is 5.75 Å². The van der Waals surface area contributed by atoms with Gasteiger partial charge in [-0.1, -0.05) is 12.1 Å². The van der Waals surface area contributed by atoms with Crippen molar-refractivity contribution in [3.63, 3.8) is 0 Å². The highest BCUT2D eigenvalue weighted by molar-refractivity contribution is 5.29. The average Bonchev–Trinajstić information content (AvgIpc) is 1.99. The van der Waals surface area contributed by atoms with Crippen LogP contribution in [0, 0.1) is 5.82 Å². The lowest BCUT2D eigenvalue weighted by molar-refractivity contribution is 0.427. The fraction of sp³-hybridized carbons (Fsp3) is 0.250. The summed E-state index contributed by atoms with van der Waals surface area (Å²) in [5.74, 6) is -0.834. The van der Waals surface area contributed by atoms with E-state index in [1.165, 1.54) is 6.07 Å². The van der Waals surface area contributed by atoms with E-state index in [-0.39, 0.29) is 5.75 Å². The van der Waals surface area contributed by atoms with Gasteiger partial charge in [0, 0.05) is 12.1 Å². The van der Waals surface area contributed by atoms with Crippen LogP contribution in [0.25, 0.3) is 0 Å². The Morgan fingerprint density at radius 2 is 2.27 bits per heavy atom. The van der Waals surface area contributed by atoms with Crippen LogP contribution in [-0.4, -0.2) is 12.2 Å². The summed E-state index contributed by atoms with van der Waals surface area (Å²) in [6.07, 6.45) is 0. The molecule has 1 aromatic carbocycles. The molecule has 0 heterocycles. The van der Waals surface area contributed by atoms with E-state index in [2.05, 4.69) is 5.32 Å². The minimum Gasteiger partial charge on any atom is -0.505 e. The summed E-state index contributed by atoms with van der Waals surface area (Å²) in [5.41, 5.74) is 0.479. The molecule has 0 fully saturated rings. The van der Waals surface area contributed by atoms with Crippen molar-refractivity contribution in [3.8, 4) is 5.75 Å². The number of phenols is 1. The summed E-state index contributed by atoms with van der Waals surface area (Å²) in [4.78, 5) is 0. The molecule has 2 nitrogen and oxygen atoms in total. The van der Waals surface area contributed by atoms with Gasteiger partial charge in [0.15, 0.2) is 11.6 Å². The third kappa shape index (κ3) is 1.68. The van der Waals surface area contributed by atoms with Gasteiger partial charge in [0.25, 0.3) is 0 Å². The van der Waals surface area contributed by atoms with E-state index in [0.717, 1.165) is 0 Å². The fourth-order valence-corrected chi connectivity index (χ4v) is 0.893. The summed E-state index contributed by atoms with van der Waals surface area (Å²) in [5, 5.41) is 11.7. The number of halogens is 1. The lowest BCUT2D eigenvalue weighted by Crippen LogP contribution is -2.06. The molecule has 0 saturated heterocycles. The van der Waals surface area contributed by atoms with Crippen LogP contribution in [0.15, 0.2) is 18.2 Å². The SMILES string of the molecule is CNCc1cccc(O)c1F. The van der Waals surface area contributed by atoms with Gasteiger partial charge in [-0.2, -0.15) is 0 Å². The lowest BCUT2D eigenvalue weighted by atomic mass is 10.2. The molecule has 0 radical (unpaired) electrons. The van der Waals surface area contributed by atoms with Crippen molar-refractivity contribution < 1.29 is 9.50 Å². The first-order chi connectivity index (χ1) is 5.25. The van der Waals surface area contributed by atoms with Gasteiger partial charge in [0.05, 0.1) is 0 Å². The predicted octanol–water partition coefficient (Wildman–Crippen LogP) is 1.25. The Labute approximate surface area is 64.7 Å². The zero-order valence-corrected chi connectivity index (χ0v) is 6.26. The van der Waals surface area contributed by atoms with Gasteiger partial charge < -0.3 is 10.4 Å². The smallest absolute Gasteiger partial charge is 0.169 e. The van der Waals surface area contributed by atoms with Gasteiger partial charge >= 0.3 is 0 Å². The predicted molar refractivity (Wildman–Crippen MR) is 40.8 cm³/mol. The first kappa shape index (κ1) is 8.01. The van der Waals surface area contributed by atoms with Crippen LogP contribution in [0.3, 0.4) is 0 Å². The molecule has 0 aliphatic carbocycles. The summed E-state index contributed by atoms with van der Waals surface area (Å²) < 4.78 is 12.9. The van der Waals surface area contributed by atoms with Crippen LogP contribution in [-0.2, 0) is 6.54 Å². The minimum absolute atomic E-state index is 0.294. The minimum atomic E-state index is -0.540. The number of rotatable bonds is 2. The van der Waals surface area contributed by atoms with Crippen LogP contribution >= 0.6 is 0 Å². The van der Waals surface area contributed by atoms with E-state index in [1.807, 2.05) is 0 Å². The van der Waals surface area contributed by atoms with E-state index in [0.29, 0.717) is 12.1 Å². The molecule has 0 aliphatic heterocycles. The topological polar surface area (TPSA) is 32.3 Å². The van der Waals surface area contributed by atoms with Gasteiger partial charge in [-0.15, -0.1) is 0 Å². The van der Waals surface area contributed by atoms with Crippen molar-refractivity contribution in [2.45, 2.75) is 6.54 Å².